The van der Waals surface area contributed by atoms with Crippen LogP contribution in [-0.2, 0) is 19.5 Å². The summed E-state index contributed by atoms with van der Waals surface area (Å²) in [4.78, 5) is 0. The molecule has 0 atom stereocenters. The van der Waals surface area contributed by atoms with E-state index in [0.717, 1.165) is 32.5 Å². The molecule has 3 rings (SSSR count). The Kier molecular flexibility index (Phi) is 9.09. The molecule has 0 aliphatic heterocycles. The second-order valence-electron chi connectivity index (χ2n) is 5.95. The highest BCUT2D eigenvalue weighted by molar-refractivity contribution is 5.16. The van der Waals surface area contributed by atoms with Crippen molar-refractivity contribution in [3.8, 4) is 0 Å². The SMILES string of the molecule is NCCCc1ccccc1.c1ccc(CNCc2ccccc2)cc1. The third-order valence-electron chi connectivity index (χ3n) is 3.86. The van der Waals surface area contributed by atoms with Gasteiger partial charge in [-0.05, 0) is 36.1 Å². The monoisotopic (exact) mass is 332 g/mol. The van der Waals surface area contributed by atoms with Crippen molar-refractivity contribution in [2.24, 2.45) is 5.73 Å². The van der Waals surface area contributed by atoms with E-state index in [1.165, 1.54) is 16.7 Å². The molecule has 0 aromatic heterocycles. The fourth-order valence-corrected chi connectivity index (χ4v) is 2.49. The Hall–Kier alpha value is -2.42. The van der Waals surface area contributed by atoms with Crippen LogP contribution in [0, 0.1) is 0 Å². The summed E-state index contributed by atoms with van der Waals surface area (Å²) in [5.74, 6) is 0. The van der Waals surface area contributed by atoms with Gasteiger partial charge in [0.1, 0.15) is 0 Å². The molecule has 0 bridgehead atoms. The maximum atomic E-state index is 5.38. The minimum absolute atomic E-state index is 0.787. The lowest BCUT2D eigenvalue weighted by Gasteiger charge is -2.04. The van der Waals surface area contributed by atoms with Gasteiger partial charge in [-0.15, -0.1) is 0 Å². The van der Waals surface area contributed by atoms with Crippen molar-refractivity contribution >= 4 is 0 Å². The predicted molar refractivity (Wildman–Crippen MR) is 107 cm³/mol. The molecule has 0 amide bonds. The second kappa shape index (κ2) is 12.0. The summed E-state index contributed by atoms with van der Waals surface area (Å²) < 4.78 is 0. The van der Waals surface area contributed by atoms with Crippen molar-refractivity contribution in [2.75, 3.05) is 6.54 Å². The van der Waals surface area contributed by atoms with Crippen LogP contribution in [-0.4, -0.2) is 6.54 Å². The third-order valence-corrected chi connectivity index (χ3v) is 3.86. The molecule has 3 aromatic rings. The van der Waals surface area contributed by atoms with Crippen LogP contribution >= 0.6 is 0 Å². The first-order chi connectivity index (χ1) is 12.4. The van der Waals surface area contributed by atoms with Crippen molar-refractivity contribution in [3.63, 3.8) is 0 Å². The molecular weight excluding hydrogens is 304 g/mol. The van der Waals surface area contributed by atoms with Crippen LogP contribution in [0.5, 0.6) is 0 Å². The van der Waals surface area contributed by atoms with Gasteiger partial charge in [-0.3, -0.25) is 0 Å². The molecule has 0 aliphatic carbocycles. The van der Waals surface area contributed by atoms with Gasteiger partial charge in [-0.2, -0.15) is 0 Å². The summed E-state index contributed by atoms with van der Waals surface area (Å²) in [7, 11) is 0. The van der Waals surface area contributed by atoms with Crippen molar-refractivity contribution < 1.29 is 0 Å². The highest BCUT2D eigenvalue weighted by atomic mass is 14.8. The lowest BCUT2D eigenvalue weighted by atomic mass is 10.1. The summed E-state index contributed by atoms with van der Waals surface area (Å²) >= 11 is 0. The van der Waals surface area contributed by atoms with Gasteiger partial charge in [0, 0.05) is 13.1 Å². The number of hydrogen-bond donors (Lipinski definition) is 2. The van der Waals surface area contributed by atoms with Crippen LogP contribution in [0.1, 0.15) is 23.1 Å². The van der Waals surface area contributed by atoms with Crippen LogP contribution in [0.4, 0.5) is 0 Å². The summed E-state index contributed by atoms with van der Waals surface area (Å²) in [6, 6.07) is 31.3. The fraction of sp³-hybridized carbons (Fsp3) is 0.217. The number of hydrogen-bond acceptors (Lipinski definition) is 2. The molecule has 2 nitrogen and oxygen atoms in total. The third kappa shape index (κ3) is 8.30. The molecule has 3 N–H and O–H groups in total. The largest absolute Gasteiger partial charge is 0.330 e. The minimum Gasteiger partial charge on any atom is -0.330 e. The van der Waals surface area contributed by atoms with Gasteiger partial charge in [0.05, 0.1) is 0 Å². The van der Waals surface area contributed by atoms with Gasteiger partial charge in [0.15, 0.2) is 0 Å². The molecule has 2 heteroatoms. The van der Waals surface area contributed by atoms with Gasteiger partial charge in [0.2, 0.25) is 0 Å². The van der Waals surface area contributed by atoms with Gasteiger partial charge in [-0.25, -0.2) is 0 Å². The molecule has 25 heavy (non-hydrogen) atoms. The first-order valence-corrected chi connectivity index (χ1v) is 8.91. The number of nitrogens with one attached hydrogen (secondary N) is 1. The lowest BCUT2D eigenvalue weighted by Crippen LogP contribution is -2.12. The fourth-order valence-electron chi connectivity index (χ4n) is 2.49. The Balaban J connectivity index is 0.000000196. The predicted octanol–water partition coefficient (Wildman–Crippen LogP) is 4.55. The van der Waals surface area contributed by atoms with E-state index in [0.29, 0.717) is 0 Å². The zero-order valence-corrected chi connectivity index (χ0v) is 14.8. The number of nitrogens with two attached hydrogens (primary N) is 1. The van der Waals surface area contributed by atoms with E-state index in [2.05, 4.69) is 78.1 Å². The van der Waals surface area contributed by atoms with E-state index in [1.54, 1.807) is 0 Å². The minimum atomic E-state index is 0.787. The normalized spacial score (nSPS) is 9.96. The number of benzene rings is 3. The van der Waals surface area contributed by atoms with E-state index in [1.807, 2.05) is 18.2 Å². The smallest absolute Gasteiger partial charge is 0.0208 e. The van der Waals surface area contributed by atoms with Crippen molar-refractivity contribution in [3.05, 3.63) is 108 Å². The highest BCUT2D eigenvalue weighted by Crippen LogP contribution is 2.01. The zero-order valence-electron chi connectivity index (χ0n) is 14.8. The molecule has 0 saturated heterocycles. The highest BCUT2D eigenvalue weighted by Gasteiger charge is 1.92. The van der Waals surface area contributed by atoms with Gasteiger partial charge in [-0.1, -0.05) is 91.0 Å². The molecule has 0 spiro atoms. The van der Waals surface area contributed by atoms with Gasteiger partial charge in [0.25, 0.3) is 0 Å². The Morgan fingerprint density at radius 1 is 0.560 bits per heavy atom. The van der Waals surface area contributed by atoms with Crippen LogP contribution in [0.25, 0.3) is 0 Å². The maximum Gasteiger partial charge on any atom is 0.0208 e. The molecule has 0 saturated carbocycles. The van der Waals surface area contributed by atoms with Crippen LogP contribution in [0.15, 0.2) is 91.0 Å². The van der Waals surface area contributed by atoms with Gasteiger partial charge < -0.3 is 11.1 Å². The summed E-state index contributed by atoms with van der Waals surface area (Å²) in [5.41, 5.74) is 9.41. The van der Waals surface area contributed by atoms with Crippen molar-refractivity contribution in [1.82, 2.24) is 5.32 Å². The maximum absolute atomic E-state index is 5.38. The second-order valence-corrected chi connectivity index (χ2v) is 5.95. The molecule has 130 valence electrons. The van der Waals surface area contributed by atoms with Crippen LogP contribution < -0.4 is 11.1 Å². The summed E-state index contributed by atoms with van der Waals surface area (Å²) in [6.45, 7) is 2.64. The topological polar surface area (TPSA) is 38.0 Å². The molecule has 0 fully saturated rings. The van der Waals surface area contributed by atoms with Crippen LogP contribution in [0.3, 0.4) is 0 Å². The number of aryl methyl sites for hydroxylation is 1. The van der Waals surface area contributed by atoms with Crippen molar-refractivity contribution in [2.45, 2.75) is 25.9 Å². The van der Waals surface area contributed by atoms with E-state index in [4.69, 9.17) is 5.73 Å². The standard InChI is InChI=1S/C14H15N.C9H13N/c1-3-7-13(8-4-1)11-15-12-14-9-5-2-6-10-14;10-8-4-7-9-5-2-1-3-6-9/h1-10,15H,11-12H2;1-3,5-6H,4,7-8,10H2. The van der Waals surface area contributed by atoms with E-state index < -0.39 is 0 Å². The Bertz CT molecular complexity index is 627. The Labute approximate surface area is 151 Å². The molecule has 0 unspecified atom stereocenters. The molecule has 0 radical (unpaired) electrons. The van der Waals surface area contributed by atoms with Crippen LogP contribution in [0.2, 0.25) is 0 Å². The first kappa shape index (κ1) is 18.9. The molecular formula is C23H28N2. The average Bonchev–Trinajstić information content (AvgIpc) is 2.69. The molecule has 3 aromatic carbocycles. The molecule has 0 aliphatic rings. The molecule has 0 heterocycles. The van der Waals surface area contributed by atoms with E-state index >= 15 is 0 Å². The number of rotatable bonds is 7. The zero-order chi connectivity index (χ0) is 17.6. The quantitative estimate of drug-likeness (QED) is 0.666. The Morgan fingerprint density at radius 2 is 0.960 bits per heavy atom. The summed E-state index contributed by atoms with van der Waals surface area (Å²) in [6.07, 6.45) is 2.20. The first-order valence-electron chi connectivity index (χ1n) is 8.91. The van der Waals surface area contributed by atoms with Crippen molar-refractivity contribution in [1.29, 1.82) is 0 Å². The van der Waals surface area contributed by atoms with E-state index in [9.17, 15) is 0 Å². The Morgan fingerprint density at radius 3 is 1.36 bits per heavy atom. The average molecular weight is 332 g/mol. The lowest BCUT2D eigenvalue weighted by molar-refractivity contribution is 0.693. The van der Waals surface area contributed by atoms with E-state index in [-0.39, 0.29) is 0 Å². The summed E-state index contributed by atoms with van der Waals surface area (Å²) in [5, 5.41) is 3.42. The van der Waals surface area contributed by atoms with Gasteiger partial charge >= 0.3 is 0 Å².